The maximum atomic E-state index is 14.1. The third-order valence-corrected chi connectivity index (χ3v) is 4.14. The number of nitrogens with one attached hydrogen (secondary N) is 1. The van der Waals surface area contributed by atoms with Crippen molar-refractivity contribution in [2.45, 2.75) is 19.0 Å². The molecule has 1 N–H and O–H groups in total. The summed E-state index contributed by atoms with van der Waals surface area (Å²) in [6.45, 7) is 1.25. The Hall–Kier alpha value is -3.27. The number of hydrogen-bond acceptors (Lipinski definition) is 3. The maximum absolute atomic E-state index is 14.1. The van der Waals surface area contributed by atoms with Gasteiger partial charge >= 0.3 is 6.03 Å². The number of amides is 3. The first-order chi connectivity index (χ1) is 11.8. The number of benzene rings is 2. The van der Waals surface area contributed by atoms with Crippen LogP contribution >= 0.6 is 0 Å². The number of imide groups is 1. The van der Waals surface area contributed by atoms with E-state index in [0.717, 1.165) is 23.1 Å². The highest BCUT2D eigenvalue weighted by atomic mass is 19.1. The largest absolute Gasteiger partial charge is 0.325 e. The van der Waals surface area contributed by atoms with Crippen molar-refractivity contribution in [3.8, 4) is 6.07 Å². The van der Waals surface area contributed by atoms with Crippen LogP contribution in [0.2, 0.25) is 0 Å². The van der Waals surface area contributed by atoms with Crippen LogP contribution in [0.15, 0.2) is 42.5 Å². The van der Waals surface area contributed by atoms with E-state index in [1.54, 1.807) is 24.3 Å². The summed E-state index contributed by atoms with van der Waals surface area (Å²) in [6, 6.07) is 10.5. The Morgan fingerprint density at radius 3 is 2.68 bits per heavy atom. The fourth-order valence-corrected chi connectivity index (χ4v) is 2.83. The van der Waals surface area contributed by atoms with E-state index in [2.05, 4.69) is 5.32 Å². The summed E-state index contributed by atoms with van der Waals surface area (Å²) < 4.78 is 27.6. The third-order valence-electron chi connectivity index (χ3n) is 4.14. The van der Waals surface area contributed by atoms with E-state index < -0.39 is 29.1 Å². The second-order valence-corrected chi connectivity index (χ2v) is 5.88. The van der Waals surface area contributed by atoms with Gasteiger partial charge in [-0.15, -0.1) is 0 Å². The number of carbonyl (C=O) groups is 2. The van der Waals surface area contributed by atoms with Crippen molar-refractivity contribution in [1.82, 2.24) is 10.2 Å². The summed E-state index contributed by atoms with van der Waals surface area (Å²) in [5.74, 6) is -2.19. The quantitative estimate of drug-likeness (QED) is 0.873. The average molecular weight is 341 g/mol. The molecule has 0 unspecified atom stereocenters. The molecular formula is C18H13F2N3O2. The summed E-state index contributed by atoms with van der Waals surface area (Å²) in [6.07, 6.45) is 0. The Morgan fingerprint density at radius 2 is 1.96 bits per heavy atom. The van der Waals surface area contributed by atoms with E-state index in [1.165, 1.54) is 6.92 Å². The van der Waals surface area contributed by atoms with Crippen LogP contribution in [-0.2, 0) is 16.9 Å². The average Bonchev–Trinajstić information content (AvgIpc) is 2.81. The molecule has 1 atom stereocenters. The summed E-state index contributed by atoms with van der Waals surface area (Å²) >= 11 is 0. The van der Waals surface area contributed by atoms with Crippen LogP contribution in [0.5, 0.6) is 0 Å². The number of rotatable bonds is 3. The number of nitriles is 1. The SMILES string of the molecule is C[C@]1(c2cc(F)ccc2F)NC(=O)N(Cc2cccc(C#N)c2)C1=O. The molecule has 0 bridgehead atoms. The molecule has 25 heavy (non-hydrogen) atoms. The Balaban J connectivity index is 1.94. The first kappa shape index (κ1) is 16.6. The van der Waals surface area contributed by atoms with Crippen molar-refractivity contribution in [3.05, 3.63) is 70.8 Å². The van der Waals surface area contributed by atoms with Crippen LogP contribution in [-0.4, -0.2) is 16.8 Å². The summed E-state index contributed by atoms with van der Waals surface area (Å²) in [7, 11) is 0. The Kier molecular flexibility index (Phi) is 3.97. The van der Waals surface area contributed by atoms with Crippen LogP contribution in [0.4, 0.5) is 13.6 Å². The maximum Gasteiger partial charge on any atom is 0.325 e. The minimum absolute atomic E-state index is 0.0767. The highest BCUT2D eigenvalue weighted by molar-refractivity contribution is 6.07. The van der Waals surface area contributed by atoms with Gasteiger partial charge in [0.2, 0.25) is 0 Å². The first-order valence-corrected chi connectivity index (χ1v) is 7.44. The molecule has 0 saturated carbocycles. The summed E-state index contributed by atoms with van der Waals surface area (Å²) in [5.41, 5.74) is -0.968. The van der Waals surface area contributed by atoms with Gasteiger partial charge in [-0.3, -0.25) is 9.69 Å². The van der Waals surface area contributed by atoms with Crippen LogP contribution in [0.25, 0.3) is 0 Å². The molecule has 7 heteroatoms. The molecular weight excluding hydrogens is 328 g/mol. The topological polar surface area (TPSA) is 73.2 Å². The van der Waals surface area contributed by atoms with Gasteiger partial charge in [0.25, 0.3) is 5.91 Å². The van der Waals surface area contributed by atoms with E-state index in [4.69, 9.17) is 5.26 Å². The second kappa shape index (κ2) is 5.98. The fraction of sp³-hybridized carbons (Fsp3) is 0.167. The van der Waals surface area contributed by atoms with Gasteiger partial charge in [-0.1, -0.05) is 12.1 Å². The lowest BCUT2D eigenvalue weighted by Crippen LogP contribution is -2.41. The minimum Gasteiger partial charge on any atom is -0.319 e. The molecule has 3 rings (SSSR count). The summed E-state index contributed by atoms with van der Waals surface area (Å²) in [4.78, 5) is 25.9. The number of nitrogens with zero attached hydrogens (tertiary/aromatic N) is 2. The van der Waals surface area contributed by atoms with Crippen molar-refractivity contribution in [1.29, 1.82) is 5.26 Å². The monoisotopic (exact) mass is 341 g/mol. The lowest BCUT2D eigenvalue weighted by atomic mass is 9.91. The lowest BCUT2D eigenvalue weighted by molar-refractivity contribution is -0.131. The number of hydrogen-bond donors (Lipinski definition) is 1. The zero-order valence-corrected chi connectivity index (χ0v) is 13.2. The molecule has 2 aromatic rings. The van der Waals surface area contributed by atoms with Crippen molar-refractivity contribution in [3.63, 3.8) is 0 Å². The van der Waals surface area contributed by atoms with Crippen molar-refractivity contribution in [2.24, 2.45) is 0 Å². The standard InChI is InChI=1S/C18H13F2N3O2/c1-18(14-8-13(19)5-6-15(14)20)16(24)23(17(25)22-18)10-12-4-2-3-11(7-12)9-21/h2-8H,10H2,1H3,(H,22,25)/t18-/m1/s1. The first-order valence-electron chi connectivity index (χ1n) is 7.44. The zero-order valence-electron chi connectivity index (χ0n) is 13.2. The highest BCUT2D eigenvalue weighted by Gasteiger charge is 2.50. The van der Waals surface area contributed by atoms with Crippen molar-refractivity contribution in [2.75, 3.05) is 0 Å². The number of halogens is 2. The zero-order chi connectivity index (χ0) is 18.2. The van der Waals surface area contributed by atoms with E-state index in [-0.39, 0.29) is 12.1 Å². The Morgan fingerprint density at radius 1 is 1.20 bits per heavy atom. The molecule has 0 aliphatic carbocycles. The molecule has 3 amide bonds. The van der Waals surface area contributed by atoms with Crippen LogP contribution in [0.1, 0.15) is 23.6 Å². The van der Waals surface area contributed by atoms with Crippen LogP contribution < -0.4 is 5.32 Å². The highest BCUT2D eigenvalue weighted by Crippen LogP contribution is 2.32. The van der Waals surface area contributed by atoms with Gasteiger partial charge in [0.05, 0.1) is 18.2 Å². The predicted molar refractivity (Wildman–Crippen MR) is 83.9 cm³/mol. The van der Waals surface area contributed by atoms with Crippen LogP contribution in [0.3, 0.4) is 0 Å². The minimum atomic E-state index is -1.70. The van der Waals surface area contributed by atoms with E-state index in [9.17, 15) is 18.4 Å². The fourth-order valence-electron chi connectivity index (χ4n) is 2.83. The van der Waals surface area contributed by atoms with Gasteiger partial charge < -0.3 is 5.32 Å². The van der Waals surface area contributed by atoms with Gasteiger partial charge in [0.1, 0.15) is 17.2 Å². The molecule has 2 aromatic carbocycles. The van der Waals surface area contributed by atoms with E-state index >= 15 is 0 Å². The molecule has 5 nitrogen and oxygen atoms in total. The smallest absolute Gasteiger partial charge is 0.319 e. The van der Waals surface area contributed by atoms with Crippen molar-refractivity contribution >= 4 is 11.9 Å². The normalized spacial score (nSPS) is 19.7. The molecule has 0 spiro atoms. The molecule has 126 valence electrons. The Labute approximate surface area is 142 Å². The van der Waals surface area contributed by atoms with Crippen molar-refractivity contribution < 1.29 is 18.4 Å². The molecule has 1 fully saturated rings. The van der Waals surface area contributed by atoms with Gasteiger partial charge in [-0.05, 0) is 42.8 Å². The predicted octanol–water partition coefficient (Wildman–Crippen LogP) is 2.80. The second-order valence-electron chi connectivity index (χ2n) is 5.88. The molecule has 1 saturated heterocycles. The van der Waals surface area contributed by atoms with E-state index in [0.29, 0.717) is 11.1 Å². The van der Waals surface area contributed by atoms with Gasteiger partial charge in [-0.2, -0.15) is 5.26 Å². The molecule has 0 aromatic heterocycles. The number of urea groups is 1. The van der Waals surface area contributed by atoms with Gasteiger partial charge in [0, 0.05) is 5.56 Å². The number of carbonyl (C=O) groups excluding carboxylic acids is 2. The molecule has 0 radical (unpaired) electrons. The van der Waals surface area contributed by atoms with E-state index in [1.807, 2.05) is 6.07 Å². The van der Waals surface area contributed by atoms with Gasteiger partial charge in [-0.25, -0.2) is 13.6 Å². The summed E-state index contributed by atoms with van der Waals surface area (Å²) in [5, 5.41) is 11.4. The van der Waals surface area contributed by atoms with Gasteiger partial charge in [0.15, 0.2) is 0 Å². The molecule has 1 aliphatic heterocycles. The van der Waals surface area contributed by atoms with Crippen LogP contribution in [0, 0.1) is 23.0 Å². The third kappa shape index (κ3) is 2.83. The lowest BCUT2D eigenvalue weighted by Gasteiger charge is -2.23. The molecule has 1 heterocycles. The Bertz CT molecular complexity index is 923. The molecule has 1 aliphatic rings.